The third kappa shape index (κ3) is 3.67. The van der Waals surface area contributed by atoms with Gasteiger partial charge in [-0.15, -0.1) is 0 Å². The van der Waals surface area contributed by atoms with Crippen molar-refractivity contribution in [3.8, 4) is 11.4 Å². The van der Waals surface area contributed by atoms with Crippen LogP contribution in [0.15, 0.2) is 27.2 Å². The molecule has 0 spiro atoms. The SMILES string of the molecule is CCCC(Cc1nc(-c2ccc(C)cc2Br)no1)NC. The predicted molar refractivity (Wildman–Crippen MR) is 83.6 cm³/mol. The summed E-state index contributed by atoms with van der Waals surface area (Å²) in [6.07, 6.45) is 3.00. The highest BCUT2D eigenvalue weighted by Crippen LogP contribution is 2.27. The zero-order chi connectivity index (χ0) is 14.5. The molecular formula is C15H20BrN3O. The van der Waals surface area contributed by atoms with Crippen molar-refractivity contribution in [3.63, 3.8) is 0 Å². The van der Waals surface area contributed by atoms with Crippen molar-refractivity contribution < 1.29 is 4.52 Å². The van der Waals surface area contributed by atoms with Crippen molar-refractivity contribution in [1.29, 1.82) is 0 Å². The minimum Gasteiger partial charge on any atom is -0.339 e. The Kier molecular flexibility index (Phi) is 5.31. The second-order valence-corrected chi connectivity index (χ2v) is 5.83. The van der Waals surface area contributed by atoms with Gasteiger partial charge in [-0.3, -0.25) is 0 Å². The molecule has 4 nitrogen and oxygen atoms in total. The van der Waals surface area contributed by atoms with Crippen LogP contribution in [0.25, 0.3) is 11.4 Å². The van der Waals surface area contributed by atoms with Crippen LogP contribution in [0.5, 0.6) is 0 Å². The van der Waals surface area contributed by atoms with Crippen molar-refractivity contribution >= 4 is 15.9 Å². The van der Waals surface area contributed by atoms with E-state index in [2.05, 4.69) is 51.3 Å². The van der Waals surface area contributed by atoms with Gasteiger partial charge in [-0.25, -0.2) is 0 Å². The summed E-state index contributed by atoms with van der Waals surface area (Å²) in [7, 11) is 1.97. The molecule has 1 atom stereocenters. The molecule has 0 bridgehead atoms. The van der Waals surface area contributed by atoms with Crippen LogP contribution in [0.3, 0.4) is 0 Å². The molecule has 1 unspecified atom stereocenters. The number of aryl methyl sites for hydroxylation is 1. The summed E-state index contributed by atoms with van der Waals surface area (Å²) in [4.78, 5) is 4.49. The molecule has 0 radical (unpaired) electrons. The molecule has 20 heavy (non-hydrogen) atoms. The Morgan fingerprint density at radius 2 is 2.20 bits per heavy atom. The van der Waals surface area contributed by atoms with E-state index in [0.717, 1.165) is 29.3 Å². The molecule has 1 heterocycles. The van der Waals surface area contributed by atoms with Crippen LogP contribution in [0.4, 0.5) is 0 Å². The van der Waals surface area contributed by atoms with E-state index >= 15 is 0 Å². The molecule has 1 N–H and O–H groups in total. The summed E-state index contributed by atoms with van der Waals surface area (Å²) in [6.45, 7) is 4.23. The lowest BCUT2D eigenvalue weighted by molar-refractivity contribution is 0.356. The molecule has 0 aliphatic rings. The van der Waals surface area contributed by atoms with E-state index in [0.29, 0.717) is 17.8 Å². The fourth-order valence-electron chi connectivity index (χ4n) is 2.16. The molecule has 0 amide bonds. The predicted octanol–water partition coefficient (Wildman–Crippen LogP) is 3.74. The summed E-state index contributed by atoms with van der Waals surface area (Å²) in [5.41, 5.74) is 2.16. The monoisotopic (exact) mass is 337 g/mol. The number of benzene rings is 1. The number of hydrogen-bond acceptors (Lipinski definition) is 4. The van der Waals surface area contributed by atoms with Gasteiger partial charge < -0.3 is 9.84 Å². The summed E-state index contributed by atoms with van der Waals surface area (Å²) in [6, 6.07) is 6.49. The van der Waals surface area contributed by atoms with Crippen molar-refractivity contribution in [2.24, 2.45) is 0 Å². The van der Waals surface area contributed by atoms with E-state index in [9.17, 15) is 0 Å². The second kappa shape index (κ2) is 6.99. The molecule has 5 heteroatoms. The number of halogens is 1. The molecule has 0 aliphatic heterocycles. The van der Waals surface area contributed by atoms with Gasteiger partial charge in [-0.2, -0.15) is 4.98 Å². The number of rotatable bonds is 6. The molecule has 1 aromatic heterocycles. The van der Waals surface area contributed by atoms with Gasteiger partial charge in [0.05, 0.1) is 0 Å². The van der Waals surface area contributed by atoms with Crippen LogP contribution < -0.4 is 5.32 Å². The van der Waals surface area contributed by atoms with Crippen LogP contribution >= 0.6 is 15.9 Å². The zero-order valence-electron chi connectivity index (χ0n) is 12.1. The maximum atomic E-state index is 5.36. The topological polar surface area (TPSA) is 51.0 Å². The highest BCUT2D eigenvalue weighted by molar-refractivity contribution is 9.10. The Bertz CT molecular complexity index is 568. The Morgan fingerprint density at radius 1 is 1.40 bits per heavy atom. The van der Waals surface area contributed by atoms with Gasteiger partial charge in [0.25, 0.3) is 0 Å². The lowest BCUT2D eigenvalue weighted by Crippen LogP contribution is -2.27. The lowest BCUT2D eigenvalue weighted by Gasteiger charge is -2.11. The molecular weight excluding hydrogens is 318 g/mol. The fraction of sp³-hybridized carbons (Fsp3) is 0.467. The van der Waals surface area contributed by atoms with E-state index in [1.165, 1.54) is 5.56 Å². The number of likely N-dealkylation sites (N-methyl/N-ethyl adjacent to an activating group) is 1. The van der Waals surface area contributed by atoms with Crippen molar-refractivity contribution in [3.05, 3.63) is 34.1 Å². The first kappa shape index (κ1) is 15.2. The number of nitrogens with one attached hydrogen (secondary N) is 1. The van der Waals surface area contributed by atoms with Crippen LogP contribution in [-0.4, -0.2) is 23.2 Å². The molecule has 0 aliphatic carbocycles. The molecule has 2 rings (SSSR count). The van der Waals surface area contributed by atoms with E-state index in [4.69, 9.17) is 4.52 Å². The van der Waals surface area contributed by atoms with Crippen LogP contribution in [0, 0.1) is 6.92 Å². The smallest absolute Gasteiger partial charge is 0.228 e. The second-order valence-electron chi connectivity index (χ2n) is 4.97. The number of aromatic nitrogens is 2. The number of hydrogen-bond donors (Lipinski definition) is 1. The van der Waals surface area contributed by atoms with Crippen molar-refractivity contribution in [2.75, 3.05) is 7.05 Å². The molecule has 2 aromatic rings. The molecule has 1 aromatic carbocycles. The molecule has 108 valence electrons. The van der Waals surface area contributed by atoms with Crippen molar-refractivity contribution in [1.82, 2.24) is 15.5 Å². The maximum absolute atomic E-state index is 5.36. The van der Waals surface area contributed by atoms with Gasteiger partial charge in [0.1, 0.15) is 0 Å². The average Bonchev–Trinajstić information content (AvgIpc) is 2.86. The highest BCUT2D eigenvalue weighted by atomic mass is 79.9. The maximum Gasteiger partial charge on any atom is 0.228 e. The van der Waals surface area contributed by atoms with Gasteiger partial charge >= 0.3 is 0 Å². The molecule has 0 fully saturated rings. The normalized spacial score (nSPS) is 12.6. The Labute approximate surface area is 128 Å². The number of nitrogens with zero attached hydrogens (tertiary/aromatic N) is 2. The first-order chi connectivity index (χ1) is 9.63. The van der Waals surface area contributed by atoms with Gasteiger partial charge in [0.2, 0.25) is 11.7 Å². The first-order valence-electron chi connectivity index (χ1n) is 6.90. The summed E-state index contributed by atoms with van der Waals surface area (Å²) >= 11 is 3.55. The molecule has 0 saturated heterocycles. The van der Waals surface area contributed by atoms with Gasteiger partial charge in [-0.05, 0) is 38.1 Å². The van der Waals surface area contributed by atoms with E-state index in [-0.39, 0.29) is 0 Å². The third-order valence-corrected chi connectivity index (χ3v) is 3.96. The first-order valence-corrected chi connectivity index (χ1v) is 7.69. The Hall–Kier alpha value is -1.20. The average molecular weight is 338 g/mol. The van der Waals surface area contributed by atoms with E-state index in [1.54, 1.807) is 0 Å². The summed E-state index contributed by atoms with van der Waals surface area (Å²) < 4.78 is 6.35. The van der Waals surface area contributed by atoms with Crippen LogP contribution in [-0.2, 0) is 6.42 Å². The van der Waals surface area contributed by atoms with Gasteiger partial charge in [0.15, 0.2) is 0 Å². The lowest BCUT2D eigenvalue weighted by atomic mass is 10.1. The standard InChI is InChI=1S/C15H20BrN3O/c1-4-5-11(17-3)9-14-18-15(19-20-14)12-7-6-10(2)8-13(12)16/h6-8,11,17H,4-5,9H2,1-3H3. The largest absolute Gasteiger partial charge is 0.339 e. The van der Waals surface area contributed by atoms with E-state index < -0.39 is 0 Å². The fourth-order valence-corrected chi connectivity index (χ4v) is 2.83. The van der Waals surface area contributed by atoms with Gasteiger partial charge in [0, 0.05) is 22.5 Å². The quantitative estimate of drug-likeness (QED) is 0.872. The van der Waals surface area contributed by atoms with Crippen molar-refractivity contribution in [2.45, 2.75) is 39.2 Å². The van der Waals surface area contributed by atoms with Crippen LogP contribution in [0.1, 0.15) is 31.2 Å². The molecule has 0 saturated carbocycles. The van der Waals surface area contributed by atoms with E-state index in [1.807, 2.05) is 19.2 Å². The summed E-state index contributed by atoms with van der Waals surface area (Å²) in [5, 5.41) is 7.36. The zero-order valence-corrected chi connectivity index (χ0v) is 13.7. The third-order valence-electron chi connectivity index (χ3n) is 3.30. The minimum absolute atomic E-state index is 0.384. The van der Waals surface area contributed by atoms with Gasteiger partial charge in [-0.1, -0.05) is 40.5 Å². The van der Waals surface area contributed by atoms with Crippen LogP contribution in [0.2, 0.25) is 0 Å². The Balaban J connectivity index is 2.16. The minimum atomic E-state index is 0.384. The highest BCUT2D eigenvalue weighted by Gasteiger charge is 2.15. The summed E-state index contributed by atoms with van der Waals surface area (Å²) in [5.74, 6) is 1.32. The Morgan fingerprint density at radius 3 is 2.85 bits per heavy atom.